The van der Waals surface area contributed by atoms with E-state index in [0.29, 0.717) is 18.2 Å². The minimum absolute atomic E-state index is 0.220. The smallest absolute Gasteiger partial charge is 0.260 e. The number of rotatable bonds is 5. The van der Waals surface area contributed by atoms with E-state index in [0.717, 1.165) is 12.8 Å². The van der Waals surface area contributed by atoms with Crippen LogP contribution in [0.4, 0.5) is 4.39 Å². The Morgan fingerprint density at radius 2 is 2.32 bits per heavy atom. The Morgan fingerprint density at radius 3 is 2.95 bits per heavy atom. The molecule has 1 aliphatic rings. The molecule has 1 aromatic carbocycles. The third-order valence-electron chi connectivity index (χ3n) is 3.25. The van der Waals surface area contributed by atoms with Crippen LogP contribution in [0.3, 0.4) is 0 Å². The summed E-state index contributed by atoms with van der Waals surface area (Å²) in [6.45, 7) is 2.17. The van der Waals surface area contributed by atoms with E-state index < -0.39 is 11.9 Å². The molecule has 1 atom stereocenters. The Labute approximate surface area is 111 Å². The molecule has 0 bridgehead atoms. The molecule has 0 heterocycles. The van der Waals surface area contributed by atoms with E-state index in [-0.39, 0.29) is 12.0 Å². The zero-order valence-electron chi connectivity index (χ0n) is 10.8. The summed E-state index contributed by atoms with van der Waals surface area (Å²) in [5, 5.41) is 11.9. The summed E-state index contributed by atoms with van der Waals surface area (Å²) < 4.78 is 18.3. The molecule has 5 heteroatoms. The molecule has 2 N–H and O–H groups in total. The van der Waals surface area contributed by atoms with Crippen molar-refractivity contribution in [1.29, 1.82) is 0 Å². The maximum atomic E-state index is 13.0. The van der Waals surface area contributed by atoms with E-state index in [4.69, 9.17) is 9.84 Å². The topological polar surface area (TPSA) is 58.6 Å². The molecular formula is C14H18FNO3. The van der Waals surface area contributed by atoms with Gasteiger partial charge in [0, 0.05) is 12.6 Å². The van der Waals surface area contributed by atoms with Gasteiger partial charge in [0.1, 0.15) is 11.6 Å². The number of benzene rings is 1. The zero-order chi connectivity index (χ0) is 13.8. The van der Waals surface area contributed by atoms with Crippen LogP contribution in [0.2, 0.25) is 0 Å². The van der Waals surface area contributed by atoms with Crippen LogP contribution in [0.25, 0.3) is 0 Å². The Morgan fingerprint density at radius 1 is 1.58 bits per heavy atom. The molecule has 1 unspecified atom stereocenters. The van der Waals surface area contributed by atoms with Crippen LogP contribution < -0.4 is 10.1 Å². The second-order valence-electron chi connectivity index (χ2n) is 4.95. The van der Waals surface area contributed by atoms with Crippen molar-refractivity contribution in [2.45, 2.75) is 32.0 Å². The molecule has 104 valence electrons. The van der Waals surface area contributed by atoms with Gasteiger partial charge in [-0.3, -0.25) is 4.79 Å². The largest absolute Gasteiger partial charge is 0.481 e. The van der Waals surface area contributed by atoms with Crippen LogP contribution in [-0.4, -0.2) is 29.8 Å². The molecule has 4 nitrogen and oxygen atoms in total. The highest BCUT2D eigenvalue weighted by atomic mass is 19.1. The summed E-state index contributed by atoms with van der Waals surface area (Å²) in [7, 11) is 0. The lowest BCUT2D eigenvalue weighted by atomic mass is 9.82. The van der Waals surface area contributed by atoms with Crippen LogP contribution in [0.5, 0.6) is 5.75 Å². The van der Waals surface area contributed by atoms with Gasteiger partial charge in [-0.25, -0.2) is 4.39 Å². The van der Waals surface area contributed by atoms with Crippen molar-refractivity contribution in [3.8, 4) is 5.75 Å². The average molecular weight is 267 g/mol. The fourth-order valence-electron chi connectivity index (χ4n) is 2.05. The van der Waals surface area contributed by atoms with Gasteiger partial charge in [0.15, 0.2) is 6.10 Å². The van der Waals surface area contributed by atoms with E-state index in [1.165, 1.54) is 18.2 Å². The number of ether oxygens (including phenoxy) is 1. The number of carbonyl (C=O) groups is 1. The molecule has 1 aromatic rings. The van der Waals surface area contributed by atoms with E-state index >= 15 is 0 Å². The highest BCUT2D eigenvalue weighted by Crippen LogP contribution is 2.26. The maximum absolute atomic E-state index is 13.0. The second kappa shape index (κ2) is 6.02. The van der Waals surface area contributed by atoms with Crippen LogP contribution in [0.1, 0.15) is 19.8 Å². The minimum Gasteiger partial charge on any atom is -0.481 e. The Kier molecular flexibility index (Phi) is 4.37. The van der Waals surface area contributed by atoms with Crippen molar-refractivity contribution in [3.05, 3.63) is 30.1 Å². The first kappa shape index (κ1) is 13.8. The molecule has 19 heavy (non-hydrogen) atoms. The first-order valence-corrected chi connectivity index (χ1v) is 6.42. The molecule has 2 rings (SSSR count). The van der Waals surface area contributed by atoms with Crippen LogP contribution in [0, 0.1) is 11.7 Å². The predicted octanol–water partition coefficient (Wildman–Crippen LogP) is 1.48. The third kappa shape index (κ3) is 3.92. The number of hydrogen-bond donors (Lipinski definition) is 2. The monoisotopic (exact) mass is 267 g/mol. The number of carbonyl (C=O) groups excluding carboxylic acids is 1. The van der Waals surface area contributed by atoms with Crippen molar-refractivity contribution in [2.75, 3.05) is 6.54 Å². The Balaban J connectivity index is 1.76. The predicted molar refractivity (Wildman–Crippen MR) is 68.2 cm³/mol. The highest BCUT2D eigenvalue weighted by Gasteiger charge is 2.27. The van der Waals surface area contributed by atoms with Crippen molar-refractivity contribution in [2.24, 2.45) is 5.92 Å². The number of aliphatic hydroxyl groups is 1. The molecule has 1 amide bonds. The van der Waals surface area contributed by atoms with Crippen LogP contribution >= 0.6 is 0 Å². The third-order valence-corrected chi connectivity index (χ3v) is 3.25. The van der Waals surface area contributed by atoms with Gasteiger partial charge in [0.05, 0.1) is 6.10 Å². The molecule has 0 spiro atoms. The lowest BCUT2D eigenvalue weighted by Gasteiger charge is -2.31. The summed E-state index contributed by atoms with van der Waals surface area (Å²) in [6.07, 6.45) is 0.577. The first-order valence-electron chi connectivity index (χ1n) is 6.42. The first-order chi connectivity index (χ1) is 9.04. The van der Waals surface area contributed by atoms with Gasteiger partial charge in [0.2, 0.25) is 0 Å². The molecule has 1 fully saturated rings. The number of nitrogens with one attached hydrogen (secondary N) is 1. The van der Waals surface area contributed by atoms with Gasteiger partial charge in [-0.15, -0.1) is 0 Å². The van der Waals surface area contributed by atoms with Crippen molar-refractivity contribution < 1.29 is 19.0 Å². The van der Waals surface area contributed by atoms with Crippen LogP contribution in [-0.2, 0) is 4.79 Å². The highest BCUT2D eigenvalue weighted by molar-refractivity contribution is 5.80. The van der Waals surface area contributed by atoms with Gasteiger partial charge in [-0.2, -0.15) is 0 Å². The van der Waals surface area contributed by atoms with Crippen molar-refractivity contribution >= 4 is 5.91 Å². The van der Waals surface area contributed by atoms with Gasteiger partial charge < -0.3 is 15.2 Å². The van der Waals surface area contributed by atoms with Crippen molar-refractivity contribution in [3.63, 3.8) is 0 Å². The number of halogens is 1. The van der Waals surface area contributed by atoms with E-state index in [2.05, 4.69) is 5.32 Å². The molecule has 0 radical (unpaired) electrons. The summed E-state index contributed by atoms with van der Waals surface area (Å²) in [4.78, 5) is 11.8. The summed E-state index contributed by atoms with van der Waals surface area (Å²) in [5.74, 6) is 0.0567. The normalized spacial score (nSPS) is 23.3. The SMILES string of the molecule is CC(Oc1cccc(F)c1)C(=O)NCC1CC(O)C1. The van der Waals surface area contributed by atoms with E-state index in [1.807, 2.05) is 0 Å². The van der Waals surface area contributed by atoms with Crippen LogP contribution in [0.15, 0.2) is 24.3 Å². The van der Waals surface area contributed by atoms with Gasteiger partial charge in [-0.1, -0.05) is 6.07 Å². The quantitative estimate of drug-likeness (QED) is 0.849. The number of hydrogen-bond acceptors (Lipinski definition) is 3. The number of amides is 1. The summed E-state index contributed by atoms with van der Waals surface area (Å²) in [5.41, 5.74) is 0. The summed E-state index contributed by atoms with van der Waals surface area (Å²) >= 11 is 0. The number of aliphatic hydroxyl groups excluding tert-OH is 1. The zero-order valence-corrected chi connectivity index (χ0v) is 10.8. The summed E-state index contributed by atoms with van der Waals surface area (Å²) in [6, 6.07) is 5.70. The maximum Gasteiger partial charge on any atom is 0.260 e. The average Bonchev–Trinajstić information content (AvgIpc) is 2.32. The molecule has 0 saturated heterocycles. The minimum atomic E-state index is -0.674. The van der Waals surface area contributed by atoms with E-state index in [9.17, 15) is 9.18 Å². The van der Waals surface area contributed by atoms with Crippen molar-refractivity contribution in [1.82, 2.24) is 5.32 Å². The fourth-order valence-corrected chi connectivity index (χ4v) is 2.05. The molecule has 0 aliphatic heterocycles. The molecule has 1 saturated carbocycles. The molecule has 1 aliphatic carbocycles. The van der Waals surface area contributed by atoms with Gasteiger partial charge in [0.25, 0.3) is 5.91 Å². The molecule has 0 aromatic heterocycles. The van der Waals surface area contributed by atoms with Gasteiger partial charge >= 0.3 is 0 Å². The lowest BCUT2D eigenvalue weighted by molar-refractivity contribution is -0.127. The lowest BCUT2D eigenvalue weighted by Crippen LogP contribution is -2.42. The fraction of sp³-hybridized carbons (Fsp3) is 0.500. The molecular weight excluding hydrogens is 249 g/mol. The standard InChI is InChI=1S/C14H18FNO3/c1-9(19-13-4-2-3-11(15)7-13)14(18)16-8-10-5-12(17)6-10/h2-4,7,9-10,12,17H,5-6,8H2,1H3,(H,16,18). The Bertz CT molecular complexity index is 446. The van der Waals surface area contributed by atoms with E-state index in [1.54, 1.807) is 13.0 Å². The Hall–Kier alpha value is -1.62. The second-order valence-corrected chi connectivity index (χ2v) is 4.95. The van der Waals surface area contributed by atoms with Gasteiger partial charge in [-0.05, 0) is 37.8 Å².